The van der Waals surface area contributed by atoms with E-state index in [-0.39, 0.29) is 5.70 Å². The second-order valence-corrected chi connectivity index (χ2v) is 9.45. The third kappa shape index (κ3) is 7.73. The fraction of sp³-hybridized carbons (Fsp3) is 0.0667. The predicted octanol–water partition coefficient (Wildman–Crippen LogP) is 4.95. The highest BCUT2D eigenvalue weighted by molar-refractivity contribution is 7.12. The van der Waals surface area contributed by atoms with E-state index < -0.39 is 17.8 Å². The average Bonchev–Trinajstić information content (AvgIpc) is 3.50. The molecule has 0 aliphatic carbocycles. The molecular weight excluding hydrogens is 512 g/mol. The number of nitrogens with zero attached hydrogens (tertiary/aromatic N) is 2. The molecule has 0 fully saturated rings. The van der Waals surface area contributed by atoms with Gasteiger partial charge in [0.05, 0.1) is 6.21 Å². The Morgan fingerprint density at radius 2 is 1.54 bits per heavy atom. The van der Waals surface area contributed by atoms with E-state index in [0.29, 0.717) is 21.8 Å². The monoisotopic (exact) mass is 538 g/mol. The van der Waals surface area contributed by atoms with Gasteiger partial charge in [0.1, 0.15) is 16.3 Å². The van der Waals surface area contributed by atoms with Gasteiger partial charge in [-0.25, -0.2) is 10.2 Å². The number of nitrogens with one attached hydrogen (secondary N) is 2. The Hall–Kier alpha value is -5.02. The summed E-state index contributed by atoms with van der Waals surface area (Å²) in [6, 6.07) is 26.3. The van der Waals surface area contributed by atoms with Gasteiger partial charge in [-0.05, 0) is 77.2 Å². The Morgan fingerprint density at radius 3 is 2.18 bits per heavy atom. The molecule has 4 aromatic rings. The van der Waals surface area contributed by atoms with E-state index in [0.717, 1.165) is 11.3 Å². The summed E-state index contributed by atoms with van der Waals surface area (Å²) in [5, 5.41) is 8.51. The van der Waals surface area contributed by atoms with Crippen LogP contribution in [-0.2, 0) is 4.79 Å². The van der Waals surface area contributed by atoms with E-state index in [1.807, 2.05) is 49.3 Å². The third-order valence-electron chi connectivity index (χ3n) is 5.44. The number of thiophene rings is 1. The van der Waals surface area contributed by atoms with Gasteiger partial charge in [0.2, 0.25) is 0 Å². The van der Waals surface area contributed by atoms with Crippen LogP contribution in [-0.4, -0.2) is 38.1 Å². The van der Waals surface area contributed by atoms with Crippen molar-refractivity contribution in [3.05, 3.63) is 124 Å². The van der Waals surface area contributed by atoms with Crippen molar-refractivity contribution in [2.24, 2.45) is 5.10 Å². The number of hydrogen-bond acceptors (Lipinski definition) is 7. The highest BCUT2D eigenvalue weighted by atomic mass is 32.1. The molecule has 196 valence electrons. The van der Waals surface area contributed by atoms with Crippen LogP contribution in [0.4, 0.5) is 5.69 Å². The topological polar surface area (TPSA) is 100 Å². The number of hydrazone groups is 1. The van der Waals surface area contributed by atoms with Gasteiger partial charge in [-0.2, -0.15) is 5.10 Å². The van der Waals surface area contributed by atoms with Crippen LogP contribution in [0.25, 0.3) is 6.08 Å². The van der Waals surface area contributed by atoms with Crippen LogP contribution in [0.1, 0.15) is 31.2 Å². The number of rotatable bonds is 9. The van der Waals surface area contributed by atoms with Crippen LogP contribution in [0.2, 0.25) is 0 Å². The van der Waals surface area contributed by atoms with E-state index in [1.165, 1.54) is 17.6 Å². The molecule has 0 atom stereocenters. The molecule has 0 aliphatic rings. The second kappa shape index (κ2) is 13.0. The van der Waals surface area contributed by atoms with Crippen molar-refractivity contribution in [1.82, 2.24) is 10.7 Å². The van der Waals surface area contributed by atoms with E-state index in [2.05, 4.69) is 15.8 Å². The minimum absolute atomic E-state index is 0.0365. The van der Waals surface area contributed by atoms with Crippen molar-refractivity contribution in [3.8, 4) is 5.75 Å². The summed E-state index contributed by atoms with van der Waals surface area (Å²) in [6.07, 6.45) is 3.03. The van der Waals surface area contributed by atoms with E-state index in [4.69, 9.17) is 4.74 Å². The SMILES string of the molecule is CN(C)c1ccc(/C=C(/NC(=O)c2ccccc2)C(=O)N/N=C\c2ccc(OC(=O)c3cccs3)cc2)cc1. The standard InChI is InChI=1S/C30H26N4O4S/c1-34(2)24-14-10-21(11-15-24)19-26(32-28(35)23-7-4-3-5-8-23)29(36)33-31-20-22-12-16-25(17-13-22)38-30(37)27-9-6-18-39-27/h3-20H,1-2H3,(H,32,35)(H,33,36)/b26-19+,31-20-. The smallest absolute Gasteiger partial charge is 0.353 e. The third-order valence-corrected chi connectivity index (χ3v) is 6.29. The summed E-state index contributed by atoms with van der Waals surface area (Å²) in [6.45, 7) is 0. The number of benzene rings is 3. The van der Waals surface area contributed by atoms with Gasteiger partial charge in [-0.3, -0.25) is 9.59 Å². The molecule has 0 unspecified atom stereocenters. The zero-order valence-corrected chi connectivity index (χ0v) is 22.1. The zero-order valence-electron chi connectivity index (χ0n) is 21.3. The molecule has 8 nitrogen and oxygen atoms in total. The molecule has 2 N–H and O–H groups in total. The first-order valence-electron chi connectivity index (χ1n) is 11.9. The second-order valence-electron chi connectivity index (χ2n) is 8.50. The molecule has 2 amide bonds. The Labute approximate surface area is 230 Å². The number of anilines is 1. The Balaban J connectivity index is 1.44. The summed E-state index contributed by atoms with van der Waals surface area (Å²) in [5.74, 6) is -1.04. The molecule has 1 aromatic heterocycles. The summed E-state index contributed by atoms with van der Waals surface area (Å²) in [5.41, 5.74) is 5.32. The Morgan fingerprint density at radius 1 is 0.846 bits per heavy atom. The molecule has 0 saturated heterocycles. The van der Waals surface area contributed by atoms with Crippen molar-refractivity contribution >= 4 is 47.1 Å². The highest BCUT2D eigenvalue weighted by Gasteiger charge is 2.14. The number of amides is 2. The lowest BCUT2D eigenvalue weighted by atomic mass is 10.1. The molecular formula is C30H26N4O4S. The van der Waals surface area contributed by atoms with Crippen LogP contribution in [0.5, 0.6) is 5.75 Å². The first-order chi connectivity index (χ1) is 18.9. The fourth-order valence-corrected chi connectivity index (χ4v) is 3.98. The van der Waals surface area contributed by atoms with Crippen molar-refractivity contribution < 1.29 is 19.1 Å². The van der Waals surface area contributed by atoms with Crippen molar-refractivity contribution in [2.45, 2.75) is 0 Å². The number of esters is 1. The van der Waals surface area contributed by atoms with Gasteiger partial charge in [0.25, 0.3) is 11.8 Å². The van der Waals surface area contributed by atoms with Crippen LogP contribution in [0.15, 0.2) is 107 Å². The van der Waals surface area contributed by atoms with Crippen molar-refractivity contribution in [2.75, 3.05) is 19.0 Å². The molecule has 0 bridgehead atoms. The van der Waals surface area contributed by atoms with Gasteiger partial charge in [0, 0.05) is 25.3 Å². The maximum Gasteiger partial charge on any atom is 0.353 e. The van der Waals surface area contributed by atoms with E-state index >= 15 is 0 Å². The summed E-state index contributed by atoms with van der Waals surface area (Å²) in [7, 11) is 3.88. The Kier molecular flexibility index (Phi) is 8.99. The van der Waals surface area contributed by atoms with Gasteiger partial charge in [0.15, 0.2) is 0 Å². The highest BCUT2D eigenvalue weighted by Crippen LogP contribution is 2.17. The van der Waals surface area contributed by atoms with E-state index in [1.54, 1.807) is 72.1 Å². The first kappa shape index (κ1) is 27.0. The summed E-state index contributed by atoms with van der Waals surface area (Å²) in [4.78, 5) is 40.3. The van der Waals surface area contributed by atoms with E-state index in [9.17, 15) is 14.4 Å². The van der Waals surface area contributed by atoms with Gasteiger partial charge < -0.3 is 15.0 Å². The molecule has 39 heavy (non-hydrogen) atoms. The molecule has 3 aromatic carbocycles. The average molecular weight is 539 g/mol. The zero-order chi connectivity index (χ0) is 27.6. The van der Waals surface area contributed by atoms with Gasteiger partial charge >= 0.3 is 5.97 Å². The quantitative estimate of drug-likeness (QED) is 0.103. The molecule has 9 heteroatoms. The lowest BCUT2D eigenvalue weighted by Gasteiger charge is -2.12. The minimum Gasteiger partial charge on any atom is -0.422 e. The van der Waals surface area contributed by atoms with Gasteiger partial charge in [-0.15, -0.1) is 11.3 Å². The molecule has 1 heterocycles. The minimum atomic E-state index is -0.589. The summed E-state index contributed by atoms with van der Waals surface area (Å²) >= 11 is 1.31. The van der Waals surface area contributed by atoms with Crippen LogP contribution in [0.3, 0.4) is 0 Å². The fourth-order valence-electron chi connectivity index (χ4n) is 3.38. The molecule has 0 spiro atoms. The number of carbonyl (C=O) groups is 3. The van der Waals surface area contributed by atoms with Crippen LogP contribution < -0.4 is 20.4 Å². The normalized spacial score (nSPS) is 11.2. The van der Waals surface area contributed by atoms with Gasteiger partial charge in [-0.1, -0.05) is 36.4 Å². The summed E-state index contributed by atoms with van der Waals surface area (Å²) < 4.78 is 5.35. The van der Waals surface area contributed by atoms with Crippen molar-refractivity contribution in [1.29, 1.82) is 0 Å². The molecule has 0 aliphatic heterocycles. The Bertz CT molecular complexity index is 1480. The number of ether oxygens (including phenoxy) is 1. The first-order valence-corrected chi connectivity index (χ1v) is 12.8. The number of carbonyl (C=O) groups excluding carboxylic acids is 3. The van der Waals surface area contributed by atoms with Crippen LogP contribution >= 0.6 is 11.3 Å². The molecule has 4 rings (SSSR count). The predicted molar refractivity (Wildman–Crippen MR) is 154 cm³/mol. The molecule has 0 radical (unpaired) electrons. The van der Waals surface area contributed by atoms with Crippen molar-refractivity contribution in [3.63, 3.8) is 0 Å². The maximum atomic E-state index is 13.0. The maximum absolute atomic E-state index is 13.0. The van der Waals surface area contributed by atoms with Crippen LogP contribution in [0, 0.1) is 0 Å². The molecule has 0 saturated carbocycles. The largest absolute Gasteiger partial charge is 0.422 e. The number of hydrogen-bond donors (Lipinski definition) is 2. The lowest BCUT2D eigenvalue weighted by Crippen LogP contribution is -2.32. The lowest BCUT2D eigenvalue weighted by molar-refractivity contribution is -0.117.